The zero-order valence-corrected chi connectivity index (χ0v) is 19.7. The molecule has 35 heavy (non-hydrogen) atoms. The number of nitrogens with zero attached hydrogens (tertiary/aromatic N) is 2. The van der Waals surface area contributed by atoms with Gasteiger partial charge in [0.25, 0.3) is 5.91 Å². The number of nitrogens with one attached hydrogen (secondary N) is 1. The van der Waals surface area contributed by atoms with Gasteiger partial charge in [-0.2, -0.15) is 0 Å². The third kappa shape index (κ3) is 2.84. The van der Waals surface area contributed by atoms with Crippen molar-refractivity contribution in [1.29, 1.82) is 0 Å². The summed E-state index contributed by atoms with van der Waals surface area (Å²) in [6.45, 7) is 2.18. The highest BCUT2D eigenvalue weighted by molar-refractivity contribution is 6.23. The fraction of sp³-hybridized carbons (Fsp3) is 0.214. The van der Waals surface area contributed by atoms with Gasteiger partial charge in [-0.3, -0.25) is 4.79 Å². The van der Waals surface area contributed by atoms with Gasteiger partial charge in [0.15, 0.2) is 5.54 Å². The standard InChI is InChI=1S/C28H25N3O4/c1-28-25-24(20-12-4-6-13-22(20)29-25)21(19-11-5-7-14-23(19)35-3)16-30(28)27(33)31(26(28)32)17-9-8-10-18(15-17)34-2/h4-15,21,29H,16H2,1-3H3/t21?,28-/m0/s1. The molecule has 3 aromatic carbocycles. The Balaban J connectivity index is 1.59. The first kappa shape index (κ1) is 21.3. The molecule has 0 spiro atoms. The maximum Gasteiger partial charge on any atom is 0.332 e. The van der Waals surface area contributed by atoms with Crippen molar-refractivity contribution in [3.05, 3.63) is 89.6 Å². The Kier molecular flexibility index (Phi) is 4.64. The highest BCUT2D eigenvalue weighted by Gasteiger charge is 2.60. The summed E-state index contributed by atoms with van der Waals surface area (Å²) in [5.74, 6) is 0.866. The quantitative estimate of drug-likeness (QED) is 0.428. The van der Waals surface area contributed by atoms with Crippen LogP contribution < -0.4 is 14.4 Å². The fourth-order valence-corrected chi connectivity index (χ4v) is 5.60. The number of carbonyl (C=O) groups excluding carboxylic acids is 2. The normalized spacial score (nSPS) is 21.3. The summed E-state index contributed by atoms with van der Waals surface area (Å²) in [5, 5.41) is 1.04. The minimum atomic E-state index is -1.17. The van der Waals surface area contributed by atoms with Crippen molar-refractivity contribution in [2.45, 2.75) is 18.4 Å². The molecular formula is C28H25N3O4. The van der Waals surface area contributed by atoms with Crippen molar-refractivity contribution in [2.75, 3.05) is 25.7 Å². The van der Waals surface area contributed by atoms with Gasteiger partial charge < -0.3 is 19.4 Å². The predicted molar refractivity (Wildman–Crippen MR) is 133 cm³/mol. The number of hydrogen-bond acceptors (Lipinski definition) is 4. The topological polar surface area (TPSA) is 74.9 Å². The zero-order valence-electron chi connectivity index (χ0n) is 19.7. The summed E-state index contributed by atoms with van der Waals surface area (Å²) in [5.41, 5.74) is 2.99. The molecule has 1 fully saturated rings. The van der Waals surface area contributed by atoms with Crippen LogP contribution in [0.4, 0.5) is 10.5 Å². The van der Waals surface area contributed by atoms with E-state index < -0.39 is 5.54 Å². The number of benzene rings is 3. The van der Waals surface area contributed by atoms with Gasteiger partial charge in [0.1, 0.15) is 11.5 Å². The number of fused-ring (bicyclic) bond motifs is 5. The monoisotopic (exact) mass is 467 g/mol. The molecule has 176 valence electrons. The first-order chi connectivity index (χ1) is 17.0. The summed E-state index contributed by atoms with van der Waals surface area (Å²) in [7, 11) is 3.21. The Labute approximate surface area is 202 Å². The lowest BCUT2D eigenvalue weighted by Crippen LogP contribution is -2.50. The average molecular weight is 468 g/mol. The van der Waals surface area contributed by atoms with Crippen LogP contribution in [-0.2, 0) is 10.3 Å². The van der Waals surface area contributed by atoms with Gasteiger partial charge in [0, 0.05) is 35.0 Å². The van der Waals surface area contributed by atoms with E-state index in [4.69, 9.17) is 9.47 Å². The van der Waals surface area contributed by atoms with Crippen LogP contribution in [0.3, 0.4) is 0 Å². The number of aromatic nitrogens is 1. The van der Waals surface area contributed by atoms with Crippen LogP contribution in [-0.4, -0.2) is 42.6 Å². The molecule has 0 aliphatic carbocycles. The van der Waals surface area contributed by atoms with Gasteiger partial charge in [0.2, 0.25) is 0 Å². The minimum Gasteiger partial charge on any atom is -0.497 e. The molecule has 1 saturated heterocycles. The third-order valence-electron chi connectivity index (χ3n) is 7.35. The molecule has 2 atom stereocenters. The first-order valence-electron chi connectivity index (χ1n) is 11.5. The average Bonchev–Trinajstić information content (AvgIpc) is 3.38. The summed E-state index contributed by atoms with van der Waals surface area (Å²) in [6.07, 6.45) is 0. The van der Waals surface area contributed by atoms with Gasteiger partial charge >= 0.3 is 6.03 Å². The highest BCUT2D eigenvalue weighted by Crippen LogP contribution is 2.51. The van der Waals surface area contributed by atoms with Crippen molar-refractivity contribution in [3.63, 3.8) is 0 Å². The van der Waals surface area contributed by atoms with Crippen LogP contribution >= 0.6 is 0 Å². The molecule has 6 rings (SSSR count). The lowest BCUT2D eigenvalue weighted by Gasteiger charge is -2.40. The number of hydrogen-bond donors (Lipinski definition) is 1. The SMILES string of the molecule is COc1cccc(N2C(=O)N3CC(c4ccccc4OC)c4c([nH]c5ccccc45)[C@@]3(C)C2=O)c1. The second-order valence-corrected chi connectivity index (χ2v) is 9.06. The van der Waals surface area contributed by atoms with E-state index in [1.807, 2.05) is 49.4 Å². The Bertz CT molecular complexity index is 1490. The second kappa shape index (κ2) is 7.63. The summed E-state index contributed by atoms with van der Waals surface area (Å²) in [4.78, 5) is 34.4. The van der Waals surface area contributed by atoms with Crippen LogP contribution in [0.1, 0.15) is 29.7 Å². The van der Waals surface area contributed by atoms with E-state index >= 15 is 0 Å². The number of imide groups is 1. The van der Waals surface area contributed by atoms with E-state index in [1.165, 1.54) is 4.90 Å². The van der Waals surface area contributed by atoms with Crippen molar-refractivity contribution >= 4 is 28.5 Å². The van der Waals surface area contributed by atoms with E-state index in [0.717, 1.165) is 33.5 Å². The molecule has 1 unspecified atom stereocenters. The number of rotatable bonds is 4. The van der Waals surface area contributed by atoms with E-state index in [1.54, 1.807) is 43.4 Å². The number of ether oxygens (including phenoxy) is 2. The molecule has 2 aliphatic heterocycles. The molecule has 3 heterocycles. The van der Waals surface area contributed by atoms with Gasteiger partial charge in [-0.15, -0.1) is 0 Å². The van der Waals surface area contributed by atoms with Crippen LogP contribution in [0.2, 0.25) is 0 Å². The number of anilines is 1. The number of urea groups is 1. The Hall–Kier alpha value is -4.26. The van der Waals surface area contributed by atoms with Crippen molar-refractivity contribution in [3.8, 4) is 11.5 Å². The van der Waals surface area contributed by atoms with Crippen molar-refractivity contribution < 1.29 is 19.1 Å². The van der Waals surface area contributed by atoms with Gasteiger partial charge in [-0.05, 0) is 36.8 Å². The van der Waals surface area contributed by atoms with Crippen LogP contribution in [0.25, 0.3) is 10.9 Å². The molecule has 3 amide bonds. The molecular weight excluding hydrogens is 442 g/mol. The summed E-state index contributed by atoms with van der Waals surface area (Å²) >= 11 is 0. The molecule has 0 radical (unpaired) electrons. The third-order valence-corrected chi connectivity index (χ3v) is 7.35. The number of H-pyrrole nitrogens is 1. The van der Waals surface area contributed by atoms with Crippen molar-refractivity contribution in [1.82, 2.24) is 9.88 Å². The van der Waals surface area contributed by atoms with Gasteiger partial charge in [-0.1, -0.05) is 42.5 Å². The van der Waals surface area contributed by atoms with Gasteiger partial charge in [0.05, 0.1) is 25.6 Å². The maximum atomic E-state index is 14.1. The Morgan fingerprint density at radius 3 is 2.51 bits per heavy atom. The highest BCUT2D eigenvalue weighted by atomic mass is 16.5. The lowest BCUT2D eigenvalue weighted by molar-refractivity contribution is -0.125. The molecule has 7 nitrogen and oxygen atoms in total. The number of methoxy groups -OCH3 is 2. The van der Waals surface area contributed by atoms with E-state index in [9.17, 15) is 9.59 Å². The predicted octanol–water partition coefficient (Wildman–Crippen LogP) is 5.01. The number of carbonyl (C=O) groups is 2. The Morgan fingerprint density at radius 2 is 1.71 bits per heavy atom. The summed E-state index contributed by atoms with van der Waals surface area (Å²) < 4.78 is 11.0. The van der Waals surface area contributed by atoms with Crippen LogP contribution in [0.5, 0.6) is 11.5 Å². The Morgan fingerprint density at radius 1 is 0.943 bits per heavy atom. The number of para-hydroxylation sites is 2. The molecule has 0 bridgehead atoms. The van der Waals surface area contributed by atoms with Crippen LogP contribution in [0, 0.1) is 0 Å². The van der Waals surface area contributed by atoms with E-state index in [-0.39, 0.29) is 17.9 Å². The number of amides is 3. The fourth-order valence-electron chi connectivity index (χ4n) is 5.60. The van der Waals surface area contributed by atoms with E-state index in [0.29, 0.717) is 18.0 Å². The van der Waals surface area contributed by atoms with E-state index in [2.05, 4.69) is 11.1 Å². The molecule has 7 heteroatoms. The first-order valence-corrected chi connectivity index (χ1v) is 11.5. The molecule has 4 aromatic rings. The molecule has 1 N–H and O–H groups in total. The van der Waals surface area contributed by atoms with Gasteiger partial charge in [-0.25, -0.2) is 9.69 Å². The second-order valence-electron chi connectivity index (χ2n) is 9.06. The molecule has 2 aliphatic rings. The molecule has 0 saturated carbocycles. The largest absolute Gasteiger partial charge is 0.497 e. The van der Waals surface area contributed by atoms with Crippen molar-refractivity contribution in [2.24, 2.45) is 0 Å². The zero-order chi connectivity index (χ0) is 24.3. The summed E-state index contributed by atoms with van der Waals surface area (Å²) in [6, 6.07) is 22.6. The lowest BCUT2D eigenvalue weighted by atomic mass is 9.78. The molecule has 1 aromatic heterocycles. The van der Waals surface area contributed by atoms with Crippen LogP contribution in [0.15, 0.2) is 72.8 Å². The smallest absolute Gasteiger partial charge is 0.332 e. The number of aromatic amines is 1. The maximum absolute atomic E-state index is 14.1. The minimum absolute atomic E-state index is 0.174.